The molecule has 0 spiro atoms. The van der Waals surface area contributed by atoms with Gasteiger partial charge in [-0.15, -0.1) is 0 Å². The molecule has 0 aliphatic carbocycles. The number of rotatable bonds is 3. The number of hydrazine groups is 1. The van der Waals surface area contributed by atoms with Crippen LogP contribution in [0.25, 0.3) is 10.8 Å². The maximum absolute atomic E-state index is 12.6. The van der Waals surface area contributed by atoms with Crippen LogP contribution in [0.2, 0.25) is 0 Å². The number of carbonyl (C=O) groups is 2. The molecular formula is C18H21N5O3S2. The number of thioether (sulfide) groups is 1. The van der Waals surface area contributed by atoms with Crippen LogP contribution in [0.5, 0.6) is 0 Å². The number of benzene rings is 2. The van der Waals surface area contributed by atoms with Gasteiger partial charge >= 0.3 is 12.1 Å². The van der Waals surface area contributed by atoms with E-state index in [0.717, 1.165) is 10.8 Å². The van der Waals surface area contributed by atoms with Crippen molar-refractivity contribution in [1.29, 1.82) is 0 Å². The molecule has 0 radical (unpaired) electrons. The Morgan fingerprint density at radius 1 is 1.21 bits per heavy atom. The first kappa shape index (κ1) is 20.2. The summed E-state index contributed by atoms with van der Waals surface area (Å²) in [6, 6.07) is 12.0. The highest BCUT2D eigenvalue weighted by Crippen LogP contribution is 2.41. The fraction of sp³-hybridized carbons (Fsp3) is 0.278. The van der Waals surface area contributed by atoms with Gasteiger partial charge in [0.2, 0.25) is 0 Å². The van der Waals surface area contributed by atoms with Gasteiger partial charge in [0.05, 0.1) is 10.4 Å². The Kier molecular flexibility index (Phi) is 5.64. The summed E-state index contributed by atoms with van der Waals surface area (Å²) in [7, 11) is 1.41. The number of carbonyl (C=O) groups excluding carboxylic acids is 2. The van der Waals surface area contributed by atoms with Crippen LogP contribution in [-0.2, 0) is 0 Å². The number of amides is 4. The SMILES string of the molecule is CNC(=O)N(O)[C@@H]1N(NC(=O)Nc2cccc3ccccc23)C(=S)SC1(C)C. The van der Waals surface area contributed by atoms with E-state index in [1.807, 2.05) is 50.2 Å². The molecule has 4 N–H and O–H groups in total. The molecule has 8 nitrogen and oxygen atoms in total. The number of nitrogens with one attached hydrogen (secondary N) is 3. The summed E-state index contributed by atoms with van der Waals surface area (Å²) in [5.74, 6) is 0. The van der Waals surface area contributed by atoms with Gasteiger partial charge in [-0.2, -0.15) is 5.06 Å². The zero-order valence-electron chi connectivity index (χ0n) is 15.6. The van der Waals surface area contributed by atoms with E-state index in [9.17, 15) is 14.8 Å². The lowest BCUT2D eigenvalue weighted by molar-refractivity contribution is -0.123. The molecule has 1 aliphatic rings. The molecule has 4 amide bonds. The van der Waals surface area contributed by atoms with Crippen LogP contribution in [-0.4, -0.2) is 49.6 Å². The Balaban J connectivity index is 1.81. The summed E-state index contributed by atoms with van der Waals surface area (Å²) >= 11 is 6.62. The maximum atomic E-state index is 12.6. The number of hydrogen-bond donors (Lipinski definition) is 4. The Hall–Kier alpha value is -2.56. The lowest BCUT2D eigenvalue weighted by Crippen LogP contribution is -2.61. The van der Waals surface area contributed by atoms with Gasteiger partial charge in [0.25, 0.3) is 0 Å². The van der Waals surface area contributed by atoms with E-state index in [1.54, 1.807) is 6.07 Å². The molecule has 0 bridgehead atoms. The first-order chi connectivity index (χ1) is 13.2. The number of hydroxylamine groups is 2. The molecule has 1 fully saturated rings. The Morgan fingerprint density at radius 2 is 1.89 bits per heavy atom. The van der Waals surface area contributed by atoms with Gasteiger partial charge in [-0.3, -0.25) is 5.21 Å². The van der Waals surface area contributed by atoms with Crippen LogP contribution in [0.3, 0.4) is 0 Å². The molecule has 0 saturated carbocycles. The van der Waals surface area contributed by atoms with Gasteiger partial charge < -0.3 is 10.6 Å². The van der Waals surface area contributed by atoms with Gasteiger partial charge in [0.1, 0.15) is 0 Å². The van der Waals surface area contributed by atoms with E-state index in [0.29, 0.717) is 15.1 Å². The molecule has 28 heavy (non-hydrogen) atoms. The van der Waals surface area contributed by atoms with Crippen LogP contribution in [0.4, 0.5) is 15.3 Å². The number of urea groups is 2. The minimum atomic E-state index is -0.886. The van der Waals surface area contributed by atoms with Crippen molar-refractivity contribution >= 4 is 56.8 Å². The van der Waals surface area contributed by atoms with Crippen molar-refractivity contribution in [2.45, 2.75) is 24.8 Å². The molecule has 2 aromatic carbocycles. The Bertz CT molecular complexity index is 931. The smallest absolute Gasteiger partial charge is 0.339 e. The highest BCUT2D eigenvalue weighted by atomic mass is 32.2. The predicted octanol–water partition coefficient (Wildman–Crippen LogP) is 3.35. The molecule has 10 heteroatoms. The number of anilines is 1. The van der Waals surface area contributed by atoms with Crippen molar-refractivity contribution in [3.8, 4) is 0 Å². The van der Waals surface area contributed by atoms with Gasteiger partial charge in [-0.05, 0) is 25.3 Å². The van der Waals surface area contributed by atoms with E-state index < -0.39 is 23.0 Å². The summed E-state index contributed by atoms with van der Waals surface area (Å²) in [6.07, 6.45) is -0.886. The second-order valence-electron chi connectivity index (χ2n) is 6.71. The molecule has 0 unspecified atom stereocenters. The topological polar surface area (TPSA) is 96.9 Å². The van der Waals surface area contributed by atoms with Gasteiger partial charge in [0, 0.05) is 12.4 Å². The first-order valence-electron chi connectivity index (χ1n) is 8.52. The van der Waals surface area contributed by atoms with Crippen molar-refractivity contribution in [3.63, 3.8) is 0 Å². The van der Waals surface area contributed by atoms with E-state index in [-0.39, 0.29) is 0 Å². The minimum Gasteiger partial charge on any atom is -0.339 e. The minimum absolute atomic E-state index is 0.339. The summed E-state index contributed by atoms with van der Waals surface area (Å²) in [5, 5.41) is 19.2. The average Bonchev–Trinajstić information content (AvgIpc) is 2.88. The zero-order chi connectivity index (χ0) is 20.5. The summed E-state index contributed by atoms with van der Waals surface area (Å²) in [6.45, 7) is 3.65. The molecule has 2 aromatic rings. The van der Waals surface area contributed by atoms with E-state index in [2.05, 4.69) is 16.1 Å². The summed E-state index contributed by atoms with van der Waals surface area (Å²) < 4.78 is -0.309. The van der Waals surface area contributed by atoms with Gasteiger partial charge in [-0.25, -0.2) is 20.0 Å². The van der Waals surface area contributed by atoms with Crippen molar-refractivity contribution in [2.24, 2.45) is 0 Å². The fourth-order valence-corrected chi connectivity index (χ4v) is 4.86. The normalized spacial score (nSPS) is 18.1. The number of nitrogens with zero attached hydrogens (tertiary/aromatic N) is 2. The zero-order valence-corrected chi connectivity index (χ0v) is 17.2. The third-order valence-electron chi connectivity index (χ3n) is 4.33. The second kappa shape index (κ2) is 7.82. The van der Waals surface area contributed by atoms with Crippen LogP contribution in [0, 0.1) is 0 Å². The lowest BCUT2D eigenvalue weighted by Gasteiger charge is -2.36. The van der Waals surface area contributed by atoms with Crippen LogP contribution in [0.1, 0.15) is 13.8 Å². The molecule has 1 heterocycles. The fourth-order valence-electron chi connectivity index (χ4n) is 3.07. The molecule has 3 rings (SSSR count). The molecule has 148 valence electrons. The van der Waals surface area contributed by atoms with E-state index in [1.165, 1.54) is 23.8 Å². The number of fused-ring (bicyclic) bond motifs is 1. The summed E-state index contributed by atoms with van der Waals surface area (Å²) in [5.41, 5.74) is 3.28. The van der Waals surface area contributed by atoms with Crippen LogP contribution in [0.15, 0.2) is 42.5 Å². The highest BCUT2D eigenvalue weighted by molar-refractivity contribution is 8.24. The highest BCUT2D eigenvalue weighted by Gasteiger charge is 2.50. The first-order valence-corrected chi connectivity index (χ1v) is 9.74. The lowest BCUT2D eigenvalue weighted by atomic mass is 10.1. The average molecular weight is 420 g/mol. The maximum Gasteiger partial charge on any atom is 0.343 e. The molecule has 1 aliphatic heterocycles. The van der Waals surface area contributed by atoms with E-state index in [4.69, 9.17) is 12.2 Å². The van der Waals surface area contributed by atoms with Crippen molar-refractivity contribution in [1.82, 2.24) is 20.8 Å². The van der Waals surface area contributed by atoms with Gasteiger partial charge in [0.15, 0.2) is 10.5 Å². The van der Waals surface area contributed by atoms with Gasteiger partial charge in [-0.1, -0.05) is 60.4 Å². The second-order valence-corrected chi connectivity index (χ2v) is 9.00. The summed E-state index contributed by atoms with van der Waals surface area (Å²) in [4.78, 5) is 24.6. The quantitative estimate of drug-likeness (QED) is 0.346. The predicted molar refractivity (Wildman–Crippen MR) is 114 cm³/mol. The molecule has 1 saturated heterocycles. The van der Waals surface area contributed by atoms with E-state index >= 15 is 0 Å². The molecular weight excluding hydrogens is 398 g/mol. The third kappa shape index (κ3) is 3.84. The third-order valence-corrected chi connectivity index (χ3v) is 5.88. The van der Waals surface area contributed by atoms with Crippen molar-refractivity contribution < 1.29 is 14.8 Å². The largest absolute Gasteiger partial charge is 0.343 e. The molecule has 1 atom stereocenters. The molecule has 0 aromatic heterocycles. The Morgan fingerprint density at radius 3 is 2.61 bits per heavy atom. The number of hydrogen-bond acceptors (Lipinski definition) is 5. The monoisotopic (exact) mass is 419 g/mol. The van der Waals surface area contributed by atoms with Crippen molar-refractivity contribution in [2.75, 3.05) is 12.4 Å². The van der Waals surface area contributed by atoms with Crippen LogP contribution >= 0.6 is 24.0 Å². The Labute approximate surface area is 172 Å². The van der Waals surface area contributed by atoms with Crippen molar-refractivity contribution in [3.05, 3.63) is 42.5 Å². The number of thiocarbonyl (C=S) groups is 1. The van der Waals surface area contributed by atoms with Crippen LogP contribution < -0.4 is 16.1 Å². The standard InChI is InChI=1S/C18H21N5O3S2/c1-18(2)14(23(26)16(25)19-3)22(17(27)28-18)21-15(24)20-13-10-6-8-11-7-4-5-9-12(11)13/h4-10,14,26H,1-3H3,(H,19,25)(H2,20,21,24)/t14-/m0/s1.